The summed E-state index contributed by atoms with van der Waals surface area (Å²) in [5, 5.41) is 14.8. The number of aliphatic hydroxyl groups is 1. The molecular formula is C13H19N3O3S2. The molecule has 0 aliphatic rings. The van der Waals surface area contributed by atoms with Crippen LogP contribution in [0.15, 0.2) is 34.8 Å². The van der Waals surface area contributed by atoms with Crippen LogP contribution in [0.1, 0.15) is 18.2 Å². The van der Waals surface area contributed by atoms with E-state index in [1.165, 1.54) is 28.0 Å². The van der Waals surface area contributed by atoms with Crippen LogP contribution in [0, 0.1) is 0 Å². The van der Waals surface area contributed by atoms with Crippen LogP contribution in [0.4, 0.5) is 0 Å². The van der Waals surface area contributed by atoms with Crippen molar-refractivity contribution in [2.45, 2.75) is 31.3 Å². The maximum atomic E-state index is 12.6. The Morgan fingerprint density at radius 3 is 2.90 bits per heavy atom. The van der Waals surface area contributed by atoms with E-state index in [9.17, 15) is 8.42 Å². The Kier molecular flexibility index (Phi) is 5.51. The molecule has 21 heavy (non-hydrogen) atoms. The number of rotatable bonds is 8. The molecule has 0 aromatic carbocycles. The van der Waals surface area contributed by atoms with Crippen molar-refractivity contribution in [3.8, 4) is 0 Å². The lowest BCUT2D eigenvalue weighted by Crippen LogP contribution is -2.29. The van der Waals surface area contributed by atoms with Crippen LogP contribution >= 0.6 is 11.3 Å². The van der Waals surface area contributed by atoms with Crippen LogP contribution in [0.2, 0.25) is 0 Å². The minimum absolute atomic E-state index is 0.0570. The molecule has 0 aliphatic heterocycles. The third-order valence-corrected chi connectivity index (χ3v) is 5.79. The average molecular weight is 329 g/mol. The van der Waals surface area contributed by atoms with Gasteiger partial charge in [-0.25, -0.2) is 8.42 Å². The van der Waals surface area contributed by atoms with E-state index in [0.717, 1.165) is 4.88 Å². The van der Waals surface area contributed by atoms with Crippen molar-refractivity contribution in [3.63, 3.8) is 0 Å². The van der Waals surface area contributed by atoms with E-state index >= 15 is 0 Å². The van der Waals surface area contributed by atoms with Crippen molar-refractivity contribution < 1.29 is 13.5 Å². The summed E-state index contributed by atoms with van der Waals surface area (Å²) in [7, 11) is -3.54. The van der Waals surface area contributed by atoms with Crippen LogP contribution in [-0.4, -0.2) is 40.8 Å². The minimum atomic E-state index is -3.54. The monoisotopic (exact) mass is 329 g/mol. The number of nitrogens with zero attached hydrogens (tertiary/aromatic N) is 3. The first-order valence-corrected chi connectivity index (χ1v) is 9.05. The third kappa shape index (κ3) is 3.91. The fourth-order valence-corrected chi connectivity index (χ4v) is 4.11. The summed E-state index contributed by atoms with van der Waals surface area (Å²) >= 11 is 1.54. The Bertz CT molecular complexity index is 650. The van der Waals surface area contributed by atoms with Gasteiger partial charge in [-0.1, -0.05) is 13.0 Å². The van der Waals surface area contributed by atoms with E-state index in [1.54, 1.807) is 4.68 Å². The second-order valence-electron chi connectivity index (χ2n) is 4.53. The van der Waals surface area contributed by atoms with E-state index in [2.05, 4.69) is 5.10 Å². The minimum Gasteiger partial charge on any atom is -0.396 e. The zero-order chi connectivity index (χ0) is 15.3. The van der Waals surface area contributed by atoms with Crippen LogP contribution in [0.3, 0.4) is 0 Å². The molecule has 116 valence electrons. The van der Waals surface area contributed by atoms with Gasteiger partial charge in [0, 0.05) is 37.3 Å². The number of aliphatic hydroxyl groups excluding tert-OH is 1. The lowest BCUT2D eigenvalue weighted by atomic mass is 10.4. The highest BCUT2D eigenvalue weighted by molar-refractivity contribution is 7.89. The highest BCUT2D eigenvalue weighted by Crippen LogP contribution is 2.19. The largest absolute Gasteiger partial charge is 0.396 e. The Hall–Kier alpha value is -1.22. The van der Waals surface area contributed by atoms with Crippen LogP contribution < -0.4 is 0 Å². The molecule has 2 rings (SSSR count). The predicted molar refractivity (Wildman–Crippen MR) is 81.5 cm³/mol. The van der Waals surface area contributed by atoms with Crippen molar-refractivity contribution in [3.05, 3.63) is 34.8 Å². The number of hydrogen-bond donors (Lipinski definition) is 1. The molecule has 2 heterocycles. The molecular weight excluding hydrogens is 310 g/mol. The Morgan fingerprint density at radius 2 is 2.29 bits per heavy atom. The van der Waals surface area contributed by atoms with Gasteiger partial charge in [0.25, 0.3) is 0 Å². The number of aryl methyl sites for hydroxylation is 1. The first kappa shape index (κ1) is 16.2. The smallest absolute Gasteiger partial charge is 0.246 e. The standard InChI is InChI=1S/C13H19N3O3S2/c1-2-16(10-12-5-3-8-20-12)21(18,19)13-9-14-15(11-13)6-4-7-17/h3,5,8-9,11,17H,2,4,6-7,10H2,1H3. The zero-order valence-corrected chi connectivity index (χ0v) is 13.5. The molecule has 0 fully saturated rings. The Balaban J connectivity index is 2.16. The lowest BCUT2D eigenvalue weighted by Gasteiger charge is -2.18. The first-order valence-electron chi connectivity index (χ1n) is 6.73. The molecule has 0 radical (unpaired) electrons. The molecule has 0 saturated heterocycles. The summed E-state index contributed by atoms with van der Waals surface area (Å²) in [6.07, 6.45) is 3.43. The maximum absolute atomic E-state index is 12.6. The molecule has 0 aliphatic carbocycles. The second-order valence-corrected chi connectivity index (χ2v) is 7.50. The summed E-state index contributed by atoms with van der Waals surface area (Å²) < 4.78 is 28.2. The van der Waals surface area contributed by atoms with Gasteiger partial charge in [-0.15, -0.1) is 11.3 Å². The van der Waals surface area contributed by atoms with Gasteiger partial charge in [-0.05, 0) is 17.9 Å². The summed E-state index contributed by atoms with van der Waals surface area (Å²) in [4.78, 5) is 1.20. The van der Waals surface area contributed by atoms with E-state index in [0.29, 0.717) is 26.1 Å². The quantitative estimate of drug-likeness (QED) is 0.797. The summed E-state index contributed by atoms with van der Waals surface area (Å²) in [6, 6.07) is 3.83. The van der Waals surface area contributed by atoms with Crippen LogP contribution in [-0.2, 0) is 23.1 Å². The molecule has 0 amide bonds. The van der Waals surface area contributed by atoms with E-state index in [4.69, 9.17) is 5.11 Å². The molecule has 2 aromatic rings. The van der Waals surface area contributed by atoms with Gasteiger partial charge in [-0.2, -0.15) is 9.40 Å². The molecule has 0 bridgehead atoms. The predicted octanol–water partition coefficient (Wildman–Crippen LogP) is 1.54. The normalized spacial score (nSPS) is 12.1. The Morgan fingerprint density at radius 1 is 1.48 bits per heavy atom. The summed E-state index contributed by atoms with van der Waals surface area (Å²) in [5.74, 6) is 0. The van der Waals surface area contributed by atoms with E-state index < -0.39 is 10.0 Å². The van der Waals surface area contributed by atoms with Crippen LogP contribution in [0.5, 0.6) is 0 Å². The highest BCUT2D eigenvalue weighted by Gasteiger charge is 2.25. The fraction of sp³-hybridized carbons (Fsp3) is 0.462. The van der Waals surface area contributed by atoms with Crippen molar-refractivity contribution in [2.75, 3.05) is 13.2 Å². The molecule has 8 heteroatoms. The van der Waals surface area contributed by atoms with Gasteiger partial charge >= 0.3 is 0 Å². The van der Waals surface area contributed by atoms with Gasteiger partial charge < -0.3 is 5.11 Å². The van der Waals surface area contributed by atoms with Crippen molar-refractivity contribution >= 4 is 21.4 Å². The van der Waals surface area contributed by atoms with Gasteiger partial charge in [0.2, 0.25) is 10.0 Å². The molecule has 0 atom stereocenters. The SMILES string of the molecule is CCN(Cc1cccs1)S(=O)(=O)c1cnn(CCCO)c1. The summed E-state index contributed by atoms with van der Waals surface area (Å²) in [6.45, 7) is 3.16. The van der Waals surface area contributed by atoms with E-state index in [1.807, 2.05) is 24.4 Å². The lowest BCUT2D eigenvalue weighted by molar-refractivity contribution is 0.277. The van der Waals surface area contributed by atoms with Crippen LogP contribution in [0.25, 0.3) is 0 Å². The van der Waals surface area contributed by atoms with Crippen molar-refractivity contribution in [1.29, 1.82) is 0 Å². The summed E-state index contributed by atoms with van der Waals surface area (Å²) in [5.41, 5.74) is 0. The van der Waals surface area contributed by atoms with Gasteiger partial charge in [0.1, 0.15) is 4.90 Å². The number of hydrogen-bond acceptors (Lipinski definition) is 5. The number of sulfonamides is 1. The second kappa shape index (κ2) is 7.17. The zero-order valence-electron chi connectivity index (χ0n) is 11.8. The molecule has 0 saturated carbocycles. The Labute approximate surface area is 128 Å². The van der Waals surface area contributed by atoms with E-state index in [-0.39, 0.29) is 11.5 Å². The molecule has 1 N–H and O–H groups in total. The molecule has 2 aromatic heterocycles. The topological polar surface area (TPSA) is 75.4 Å². The molecule has 0 unspecified atom stereocenters. The average Bonchev–Trinajstić information content (AvgIpc) is 3.13. The fourth-order valence-electron chi connectivity index (χ4n) is 1.92. The molecule has 6 nitrogen and oxygen atoms in total. The van der Waals surface area contributed by atoms with Gasteiger partial charge in [0.15, 0.2) is 0 Å². The third-order valence-electron chi connectivity index (χ3n) is 3.06. The first-order chi connectivity index (χ1) is 10.1. The number of aromatic nitrogens is 2. The molecule has 0 spiro atoms. The van der Waals surface area contributed by atoms with Crippen molar-refractivity contribution in [1.82, 2.24) is 14.1 Å². The number of thiophene rings is 1. The van der Waals surface area contributed by atoms with Crippen molar-refractivity contribution in [2.24, 2.45) is 0 Å². The van der Waals surface area contributed by atoms with Gasteiger partial charge in [-0.3, -0.25) is 4.68 Å². The highest BCUT2D eigenvalue weighted by atomic mass is 32.2. The maximum Gasteiger partial charge on any atom is 0.246 e. The van der Waals surface area contributed by atoms with Gasteiger partial charge in [0.05, 0.1) is 6.20 Å².